The number of terminal acetylenes is 1. The Morgan fingerprint density at radius 1 is 1.20 bits per heavy atom. The number of fused-ring (bicyclic) bond motifs is 3. The number of benzene rings is 2. The number of para-hydroxylation sites is 1. The SMILES string of the molecule is C#CCCOC(=O)N1C2=NC3=C(C(=O)N(Cc4ccc5c(c4)OCO5)C3=O)C3N(C)c4ccccc4C23CC1CO. The number of amides is 3. The van der Waals surface area contributed by atoms with Gasteiger partial charge in [-0.25, -0.2) is 9.79 Å². The highest BCUT2D eigenvalue weighted by Gasteiger charge is 2.67. The minimum absolute atomic E-state index is 0.00114. The summed E-state index contributed by atoms with van der Waals surface area (Å²) in [5.74, 6) is 2.88. The Kier molecular flexibility index (Phi) is 5.59. The number of hydrogen-bond donors (Lipinski definition) is 1. The van der Waals surface area contributed by atoms with E-state index in [1.807, 2.05) is 36.2 Å². The zero-order valence-corrected chi connectivity index (χ0v) is 22.2. The van der Waals surface area contributed by atoms with Gasteiger partial charge in [0.05, 0.1) is 36.2 Å². The number of imide groups is 1. The van der Waals surface area contributed by atoms with Crippen LogP contribution in [0.25, 0.3) is 0 Å². The topological polar surface area (TPSA) is 121 Å². The Morgan fingerprint density at radius 2 is 2.00 bits per heavy atom. The van der Waals surface area contributed by atoms with Crippen LogP contribution in [-0.4, -0.2) is 77.8 Å². The van der Waals surface area contributed by atoms with E-state index in [0.29, 0.717) is 23.5 Å². The number of likely N-dealkylation sites (tertiary alicyclic amines) is 1. The lowest BCUT2D eigenvalue weighted by Gasteiger charge is -2.38. The molecule has 5 heterocycles. The molecule has 0 radical (unpaired) electrons. The third-order valence-corrected chi connectivity index (χ3v) is 8.50. The minimum atomic E-state index is -0.965. The number of carbonyl (C=O) groups excluding carboxylic acids is 3. The van der Waals surface area contributed by atoms with Gasteiger partial charge >= 0.3 is 6.09 Å². The van der Waals surface area contributed by atoms with Crippen LogP contribution in [0.3, 0.4) is 0 Å². The Labute approximate surface area is 235 Å². The highest BCUT2D eigenvalue weighted by atomic mass is 16.7. The van der Waals surface area contributed by atoms with Crippen molar-refractivity contribution < 1.29 is 33.7 Å². The van der Waals surface area contributed by atoms with E-state index < -0.39 is 35.4 Å². The number of amidine groups is 1. The van der Waals surface area contributed by atoms with Crippen molar-refractivity contribution in [1.82, 2.24) is 9.80 Å². The molecule has 2 aromatic carbocycles. The van der Waals surface area contributed by atoms with Crippen molar-refractivity contribution >= 4 is 29.4 Å². The van der Waals surface area contributed by atoms with Crippen molar-refractivity contribution in [2.45, 2.75) is 36.9 Å². The molecule has 208 valence electrons. The number of carbonyl (C=O) groups is 3. The van der Waals surface area contributed by atoms with Gasteiger partial charge in [0.2, 0.25) is 6.79 Å². The van der Waals surface area contributed by atoms with Crippen LogP contribution in [0, 0.1) is 12.3 Å². The average Bonchev–Trinajstić information content (AvgIpc) is 3.70. The predicted octanol–water partition coefficient (Wildman–Crippen LogP) is 1.93. The van der Waals surface area contributed by atoms with E-state index in [2.05, 4.69) is 5.92 Å². The Balaban J connectivity index is 1.33. The summed E-state index contributed by atoms with van der Waals surface area (Å²) in [7, 11) is 1.87. The van der Waals surface area contributed by atoms with Crippen LogP contribution < -0.4 is 14.4 Å². The molecule has 5 aliphatic heterocycles. The second-order valence-electron chi connectivity index (χ2n) is 10.6. The summed E-state index contributed by atoms with van der Waals surface area (Å²) in [5, 5.41) is 10.4. The molecule has 0 bridgehead atoms. The van der Waals surface area contributed by atoms with Gasteiger partial charge in [-0.05, 0) is 35.7 Å². The smallest absolute Gasteiger partial charge is 0.415 e. The molecule has 11 heteroatoms. The van der Waals surface area contributed by atoms with Gasteiger partial charge in [0.25, 0.3) is 11.8 Å². The van der Waals surface area contributed by atoms with E-state index in [4.69, 9.17) is 25.6 Å². The second kappa shape index (κ2) is 9.11. The molecule has 11 nitrogen and oxygen atoms in total. The Bertz CT molecular complexity index is 1620. The van der Waals surface area contributed by atoms with Crippen molar-refractivity contribution in [2.24, 2.45) is 4.99 Å². The minimum Gasteiger partial charge on any atom is -0.454 e. The maximum Gasteiger partial charge on any atom is 0.415 e. The van der Waals surface area contributed by atoms with E-state index in [1.54, 1.807) is 18.2 Å². The molecule has 0 aromatic heterocycles. The van der Waals surface area contributed by atoms with Crippen LogP contribution in [0.15, 0.2) is 58.7 Å². The van der Waals surface area contributed by atoms with E-state index in [9.17, 15) is 19.5 Å². The molecule has 0 saturated carbocycles. The first-order valence-electron chi connectivity index (χ1n) is 13.3. The number of anilines is 1. The number of ether oxygens (including phenoxy) is 3. The molecule has 1 fully saturated rings. The van der Waals surface area contributed by atoms with E-state index in [1.165, 1.54) is 9.80 Å². The number of aliphatic hydroxyl groups excluding tert-OH is 1. The fourth-order valence-electron chi connectivity index (χ4n) is 6.83. The summed E-state index contributed by atoms with van der Waals surface area (Å²) in [5.41, 5.74) is 1.72. The predicted molar refractivity (Wildman–Crippen MR) is 145 cm³/mol. The number of rotatable bonds is 5. The molecule has 1 N–H and O–H groups in total. The van der Waals surface area contributed by atoms with Crippen molar-refractivity contribution in [1.29, 1.82) is 0 Å². The third-order valence-electron chi connectivity index (χ3n) is 8.50. The molecule has 41 heavy (non-hydrogen) atoms. The summed E-state index contributed by atoms with van der Waals surface area (Å²) >= 11 is 0. The van der Waals surface area contributed by atoms with E-state index in [0.717, 1.165) is 11.3 Å². The molecular weight excluding hydrogens is 528 g/mol. The monoisotopic (exact) mass is 554 g/mol. The van der Waals surface area contributed by atoms with Crippen molar-refractivity contribution in [3.05, 3.63) is 64.9 Å². The number of nitrogens with zero attached hydrogens (tertiary/aromatic N) is 4. The molecular formula is C30H26N4O7. The van der Waals surface area contributed by atoms with Gasteiger partial charge in [-0.15, -0.1) is 12.3 Å². The van der Waals surface area contributed by atoms with E-state index >= 15 is 0 Å². The van der Waals surface area contributed by atoms with Crippen LogP contribution in [-0.2, 0) is 26.3 Å². The highest BCUT2D eigenvalue weighted by molar-refractivity contribution is 6.24. The highest BCUT2D eigenvalue weighted by Crippen LogP contribution is 2.58. The van der Waals surface area contributed by atoms with Crippen molar-refractivity contribution in [2.75, 3.05) is 32.0 Å². The molecule has 2 aromatic rings. The van der Waals surface area contributed by atoms with Gasteiger partial charge < -0.3 is 24.2 Å². The van der Waals surface area contributed by atoms with Crippen LogP contribution in [0.5, 0.6) is 11.5 Å². The summed E-state index contributed by atoms with van der Waals surface area (Å²) in [6.45, 7) is -0.230. The fourth-order valence-corrected chi connectivity index (χ4v) is 6.83. The van der Waals surface area contributed by atoms with Gasteiger partial charge in [-0.3, -0.25) is 19.4 Å². The number of likely N-dealkylation sites (N-methyl/N-ethyl adjacent to an activating group) is 1. The quantitative estimate of drug-likeness (QED) is 0.338. The van der Waals surface area contributed by atoms with Crippen LogP contribution >= 0.6 is 0 Å². The van der Waals surface area contributed by atoms with Gasteiger partial charge in [0, 0.05) is 19.2 Å². The maximum absolute atomic E-state index is 14.1. The standard InChI is InChI=1S/C30H26N4O7/c1-3-4-11-39-29(38)34-18(15-35)13-30-19-7-5-6-8-20(19)32(2)25(30)23-24(31-28(30)34)27(37)33(26(23)36)14-17-9-10-21-22(12-17)41-16-40-21/h1,5-10,12,18,25,35H,4,11,13-16H2,2H3. The Hall–Kier alpha value is -4.82. The van der Waals surface area contributed by atoms with Crippen molar-refractivity contribution in [3.63, 3.8) is 0 Å². The summed E-state index contributed by atoms with van der Waals surface area (Å²) in [4.78, 5) is 50.6. The molecule has 3 unspecified atom stereocenters. The summed E-state index contributed by atoms with van der Waals surface area (Å²) < 4.78 is 16.3. The number of aliphatic imine (C=N–C) groups is 1. The maximum atomic E-state index is 14.1. The van der Waals surface area contributed by atoms with Crippen LogP contribution in [0.4, 0.5) is 10.5 Å². The Morgan fingerprint density at radius 3 is 2.80 bits per heavy atom. The van der Waals surface area contributed by atoms with Gasteiger partial charge in [0.1, 0.15) is 18.1 Å². The molecule has 0 aliphatic carbocycles. The zero-order chi connectivity index (χ0) is 28.5. The van der Waals surface area contributed by atoms with Crippen LogP contribution in [0.1, 0.15) is 24.0 Å². The summed E-state index contributed by atoms with van der Waals surface area (Å²) in [6.07, 6.45) is 5.14. The molecule has 7 rings (SSSR count). The molecule has 3 amide bonds. The first-order valence-corrected chi connectivity index (χ1v) is 13.3. The van der Waals surface area contributed by atoms with Crippen LogP contribution in [0.2, 0.25) is 0 Å². The number of aliphatic hydroxyl groups is 1. The second-order valence-corrected chi connectivity index (χ2v) is 10.6. The van der Waals surface area contributed by atoms with E-state index in [-0.39, 0.29) is 50.1 Å². The van der Waals surface area contributed by atoms with Crippen molar-refractivity contribution in [3.8, 4) is 23.8 Å². The fraction of sp³-hybridized carbons (Fsp3) is 0.333. The first kappa shape index (κ1) is 25.2. The van der Waals surface area contributed by atoms with Gasteiger partial charge in [-0.2, -0.15) is 0 Å². The molecule has 1 spiro atoms. The lowest BCUT2D eigenvalue weighted by atomic mass is 9.70. The lowest BCUT2D eigenvalue weighted by molar-refractivity contribution is -0.138. The third kappa shape index (κ3) is 3.37. The zero-order valence-electron chi connectivity index (χ0n) is 22.2. The lowest BCUT2D eigenvalue weighted by Crippen LogP contribution is -2.54. The summed E-state index contributed by atoms with van der Waals surface area (Å²) in [6, 6.07) is 11.6. The first-order chi connectivity index (χ1) is 19.9. The van der Waals surface area contributed by atoms with Gasteiger partial charge in [0.15, 0.2) is 11.5 Å². The number of hydrogen-bond acceptors (Lipinski definition) is 9. The van der Waals surface area contributed by atoms with Gasteiger partial charge in [-0.1, -0.05) is 24.3 Å². The largest absolute Gasteiger partial charge is 0.454 e. The molecule has 5 aliphatic rings. The average molecular weight is 555 g/mol. The normalized spacial score (nSPS) is 25.1. The molecule has 1 saturated heterocycles. The molecule has 3 atom stereocenters.